The fraction of sp³-hybridized carbons (Fsp3) is 0.176. The molecule has 0 unspecified atom stereocenters. The first kappa shape index (κ1) is 18.5. The number of rotatable bonds is 5. The standard InChI is InChI=1S/C17H16Br2N2O3/c1-21(2)17(23)11-3-6-13(7-4-11)20-16(22)10-24-15-8-5-12(18)9-14(15)19/h3-9H,10H2,1-2H3,(H,20,22). The van der Waals surface area contributed by atoms with Crippen molar-refractivity contribution >= 4 is 49.4 Å². The molecule has 24 heavy (non-hydrogen) atoms. The highest BCUT2D eigenvalue weighted by molar-refractivity contribution is 9.11. The Morgan fingerprint density at radius 3 is 2.33 bits per heavy atom. The second-order valence-electron chi connectivity index (χ2n) is 5.19. The van der Waals surface area contributed by atoms with Crippen molar-refractivity contribution in [3.05, 3.63) is 57.0 Å². The normalized spacial score (nSPS) is 10.2. The van der Waals surface area contributed by atoms with E-state index in [1.807, 2.05) is 12.1 Å². The first-order chi connectivity index (χ1) is 11.4. The van der Waals surface area contributed by atoms with Gasteiger partial charge in [-0.05, 0) is 58.4 Å². The van der Waals surface area contributed by atoms with Crippen LogP contribution in [0, 0.1) is 0 Å². The third-order valence-corrected chi connectivity index (χ3v) is 4.19. The van der Waals surface area contributed by atoms with Crippen LogP contribution >= 0.6 is 31.9 Å². The lowest BCUT2D eigenvalue weighted by Gasteiger charge is -2.11. The van der Waals surface area contributed by atoms with Crippen LogP contribution in [0.1, 0.15) is 10.4 Å². The highest BCUT2D eigenvalue weighted by atomic mass is 79.9. The fourth-order valence-electron chi connectivity index (χ4n) is 1.89. The average molecular weight is 456 g/mol. The summed E-state index contributed by atoms with van der Waals surface area (Å²) in [5, 5.41) is 2.72. The number of anilines is 1. The summed E-state index contributed by atoms with van der Waals surface area (Å²) in [5.41, 5.74) is 1.17. The summed E-state index contributed by atoms with van der Waals surface area (Å²) in [6.45, 7) is -0.112. The maximum atomic E-state index is 12.0. The molecule has 0 fully saturated rings. The molecule has 2 aromatic carbocycles. The highest BCUT2D eigenvalue weighted by Gasteiger charge is 2.09. The van der Waals surface area contributed by atoms with Gasteiger partial charge < -0.3 is 15.0 Å². The fourth-order valence-corrected chi connectivity index (χ4v) is 3.05. The lowest BCUT2D eigenvalue weighted by Crippen LogP contribution is -2.22. The van der Waals surface area contributed by atoms with Crippen LogP contribution in [0.2, 0.25) is 0 Å². The monoisotopic (exact) mass is 454 g/mol. The molecule has 2 amide bonds. The van der Waals surface area contributed by atoms with Crippen molar-refractivity contribution in [3.8, 4) is 5.75 Å². The summed E-state index contributed by atoms with van der Waals surface area (Å²) in [6, 6.07) is 12.2. The summed E-state index contributed by atoms with van der Waals surface area (Å²) in [5.74, 6) is 0.216. The summed E-state index contributed by atoms with van der Waals surface area (Å²) in [6.07, 6.45) is 0. The third-order valence-electron chi connectivity index (χ3n) is 3.07. The molecule has 0 heterocycles. The van der Waals surface area contributed by atoms with Crippen molar-refractivity contribution in [1.82, 2.24) is 4.90 Å². The number of carbonyl (C=O) groups excluding carboxylic acids is 2. The maximum absolute atomic E-state index is 12.0. The summed E-state index contributed by atoms with van der Waals surface area (Å²) in [4.78, 5) is 25.3. The van der Waals surface area contributed by atoms with Crippen LogP contribution in [0.3, 0.4) is 0 Å². The van der Waals surface area contributed by atoms with E-state index in [9.17, 15) is 9.59 Å². The minimum absolute atomic E-state index is 0.0868. The molecule has 0 spiro atoms. The molecule has 0 aliphatic carbocycles. The van der Waals surface area contributed by atoms with E-state index < -0.39 is 0 Å². The van der Waals surface area contributed by atoms with Gasteiger partial charge in [-0.2, -0.15) is 0 Å². The zero-order chi connectivity index (χ0) is 17.7. The topological polar surface area (TPSA) is 58.6 Å². The first-order valence-corrected chi connectivity index (χ1v) is 8.65. The molecule has 0 aromatic heterocycles. The van der Waals surface area contributed by atoms with Crippen molar-refractivity contribution in [1.29, 1.82) is 0 Å². The third kappa shape index (κ3) is 5.07. The van der Waals surface area contributed by atoms with Gasteiger partial charge in [0.05, 0.1) is 4.47 Å². The molecule has 5 nitrogen and oxygen atoms in total. The Bertz CT molecular complexity index is 746. The zero-order valence-corrected chi connectivity index (χ0v) is 16.3. The van der Waals surface area contributed by atoms with E-state index in [-0.39, 0.29) is 18.4 Å². The van der Waals surface area contributed by atoms with Crippen molar-refractivity contribution in [2.45, 2.75) is 0 Å². The van der Waals surface area contributed by atoms with Gasteiger partial charge in [0.1, 0.15) is 5.75 Å². The highest BCUT2D eigenvalue weighted by Crippen LogP contribution is 2.28. The minimum Gasteiger partial charge on any atom is -0.483 e. The Hall–Kier alpha value is -1.86. The van der Waals surface area contributed by atoms with Crippen LogP contribution in [-0.2, 0) is 4.79 Å². The van der Waals surface area contributed by atoms with E-state index in [1.54, 1.807) is 44.4 Å². The van der Waals surface area contributed by atoms with E-state index >= 15 is 0 Å². The van der Waals surface area contributed by atoms with Gasteiger partial charge in [0.15, 0.2) is 6.61 Å². The maximum Gasteiger partial charge on any atom is 0.262 e. The molecule has 0 bridgehead atoms. The molecule has 0 saturated carbocycles. The number of carbonyl (C=O) groups is 2. The molecule has 2 rings (SSSR count). The quantitative estimate of drug-likeness (QED) is 0.742. The Morgan fingerprint density at radius 1 is 1.08 bits per heavy atom. The Morgan fingerprint density at radius 2 is 1.75 bits per heavy atom. The molecule has 0 radical (unpaired) electrons. The van der Waals surface area contributed by atoms with Crippen LogP contribution in [0.15, 0.2) is 51.4 Å². The second kappa shape index (κ2) is 8.30. The van der Waals surface area contributed by atoms with Gasteiger partial charge in [-0.25, -0.2) is 0 Å². The van der Waals surface area contributed by atoms with Gasteiger partial charge in [0.2, 0.25) is 0 Å². The van der Waals surface area contributed by atoms with E-state index in [2.05, 4.69) is 37.2 Å². The number of nitrogens with zero attached hydrogens (tertiary/aromatic N) is 1. The molecule has 0 aliphatic rings. The molecule has 2 aromatic rings. The SMILES string of the molecule is CN(C)C(=O)c1ccc(NC(=O)COc2ccc(Br)cc2Br)cc1. The number of halogens is 2. The number of hydrogen-bond acceptors (Lipinski definition) is 3. The van der Waals surface area contributed by atoms with Gasteiger partial charge >= 0.3 is 0 Å². The summed E-state index contributed by atoms with van der Waals surface area (Å²) < 4.78 is 7.15. The molecule has 0 atom stereocenters. The average Bonchev–Trinajstić information content (AvgIpc) is 2.54. The number of benzene rings is 2. The van der Waals surface area contributed by atoms with Gasteiger partial charge in [0, 0.05) is 29.8 Å². The van der Waals surface area contributed by atoms with Crippen molar-refractivity contribution in [2.75, 3.05) is 26.0 Å². The molecule has 7 heteroatoms. The van der Waals surface area contributed by atoms with E-state index in [4.69, 9.17) is 4.74 Å². The van der Waals surface area contributed by atoms with Crippen LogP contribution < -0.4 is 10.1 Å². The van der Waals surface area contributed by atoms with Crippen LogP contribution in [0.4, 0.5) is 5.69 Å². The number of ether oxygens (including phenoxy) is 1. The predicted octanol–water partition coefficient (Wildman–Crippen LogP) is 3.93. The number of nitrogens with one attached hydrogen (secondary N) is 1. The van der Waals surface area contributed by atoms with Crippen molar-refractivity contribution in [2.24, 2.45) is 0 Å². The van der Waals surface area contributed by atoms with Gasteiger partial charge in [-0.15, -0.1) is 0 Å². The minimum atomic E-state index is -0.281. The molecular formula is C17H16Br2N2O3. The van der Waals surface area contributed by atoms with Crippen LogP contribution in [0.25, 0.3) is 0 Å². The number of hydrogen-bond donors (Lipinski definition) is 1. The summed E-state index contributed by atoms with van der Waals surface area (Å²) in [7, 11) is 3.38. The van der Waals surface area contributed by atoms with E-state index in [0.717, 1.165) is 8.95 Å². The van der Waals surface area contributed by atoms with E-state index in [1.165, 1.54) is 4.90 Å². The van der Waals surface area contributed by atoms with Crippen molar-refractivity contribution < 1.29 is 14.3 Å². The second-order valence-corrected chi connectivity index (χ2v) is 6.96. The number of amides is 2. The molecule has 0 saturated heterocycles. The van der Waals surface area contributed by atoms with Gasteiger partial charge in [-0.3, -0.25) is 9.59 Å². The smallest absolute Gasteiger partial charge is 0.262 e. The van der Waals surface area contributed by atoms with E-state index in [0.29, 0.717) is 17.0 Å². The molecule has 0 aliphatic heterocycles. The molecular weight excluding hydrogens is 440 g/mol. The Balaban J connectivity index is 1.91. The first-order valence-electron chi connectivity index (χ1n) is 7.06. The lowest BCUT2D eigenvalue weighted by atomic mass is 10.2. The Labute approximate surface area is 157 Å². The largest absolute Gasteiger partial charge is 0.483 e. The molecule has 126 valence electrons. The summed E-state index contributed by atoms with van der Waals surface area (Å²) >= 11 is 6.73. The van der Waals surface area contributed by atoms with Crippen LogP contribution in [-0.4, -0.2) is 37.4 Å². The lowest BCUT2D eigenvalue weighted by molar-refractivity contribution is -0.118. The van der Waals surface area contributed by atoms with Gasteiger partial charge in [-0.1, -0.05) is 15.9 Å². The van der Waals surface area contributed by atoms with Gasteiger partial charge in [0.25, 0.3) is 11.8 Å². The zero-order valence-electron chi connectivity index (χ0n) is 13.2. The molecule has 1 N–H and O–H groups in total. The Kier molecular flexibility index (Phi) is 6.39. The predicted molar refractivity (Wildman–Crippen MR) is 100 cm³/mol. The van der Waals surface area contributed by atoms with Crippen molar-refractivity contribution in [3.63, 3.8) is 0 Å². The van der Waals surface area contributed by atoms with Crippen LogP contribution in [0.5, 0.6) is 5.75 Å².